The van der Waals surface area contributed by atoms with Gasteiger partial charge in [0, 0.05) is 18.6 Å². The first-order chi connectivity index (χ1) is 8.13. The van der Waals surface area contributed by atoms with Gasteiger partial charge in [0.2, 0.25) is 0 Å². The average molecular weight is 236 g/mol. The van der Waals surface area contributed by atoms with Crippen molar-refractivity contribution in [3.8, 4) is 0 Å². The van der Waals surface area contributed by atoms with Gasteiger partial charge in [-0.05, 0) is 25.3 Å². The van der Waals surface area contributed by atoms with Gasteiger partial charge in [0.25, 0.3) is 0 Å². The highest BCUT2D eigenvalue weighted by atomic mass is 16.3. The Hall–Kier alpha value is -0.900. The molecule has 0 aliphatic rings. The van der Waals surface area contributed by atoms with E-state index in [9.17, 15) is 5.11 Å². The lowest BCUT2D eigenvalue weighted by atomic mass is 10.0. The third-order valence-corrected chi connectivity index (χ3v) is 3.10. The van der Waals surface area contributed by atoms with Crippen molar-refractivity contribution in [1.29, 1.82) is 0 Å². The zero-order valence-electron chi connectivity index (χ0n) is 10.8. The number of rotatable bonds is 7. The van der Waals surface area contributed by atoms with Crippen molar-refractivity contribution in [3.05, 3.63) is 35.9 Å². The van der Waals surface area contributed by atoms with Crippen molar-refractivity contribution >= 4 is 0 Å². The molecule has 0 saturated heterocycles. The Morgan fingerprint density at radius 1 is 1.29 bits per heavy atom. The monoisotopic (exact) mass is 236 g/mol. The highest BCUT2D eigenvalue weighted by Gasteiger charge is 2.15. The van der Waals surface area contributed by atoms with Crippen molar-refractivity contribution < 1.29 is 5.11 Å². The minimum absolute atomic E-state index is 0.214. The first kappa shape index (κ1) is 14.2. The third-order valence-electron chi connectivity index (χ3n) is 3.10. The zero-order chi connectivity index (χ0) is 12.7. The maximum absolute atomic E-state index is 9.94. The number of nitrogens with one attached hydrogen (secondary N) is 1. The summed E-state index contributed by atoms with van der Waals surface area (Å²) in [6.07, 6.45) is 1.27. The molecule has 0 aliphatic carbocycles. The maximum Gasteiger partial charge on any atom is 0.0818 e. The highest BCUT2D eigenvalue weighted by Crippen LogP contribution is 2.04. The highest BCUT2D eigenvalue weighted by molar-refractivity contribution is 5.16. The second kappa shape index (κ2) is 7.43. The van der Waals surface area contributed by atoms with E-state index in [2.05, 4.69) is 19.2 Å². The van der Waals surface area contributed by atoms with Gasteiger partial charge in [-0.15, -0.1) is 0 Å². The summed E-state index contributed by atoms with van der Waals surface area (Å²) in [5.74, 6) is 0. The number of aliphatic hydroxyl groups is 1. The molecule has 17 heavy (non-hydrogen) atoms. The zero-order valence-corrected chi connectivity index (χ0v) is 10.8. The molecule has 0 heterocycles. The molecule has 0 fully saturated rings. The van der Waals surface area contributed by atoms with E-state index >= 15 is 0 Å². The molecule has 3 nitrogen and oxygen atoms in total. The predicted octanol–water partition coefficient (Wildman–Crippen LogP) is 1.31. The van der Waals surface area contributed by atoms with E-state index in [1.165, 1.54) is 5.56 Å². The predicted molar refractivity (Wildman–Crippen MR) is 71.9 cm³/mol. The van der Waals surface area contributed by atoms with Gasteiger partial charge in [0.1, 0.15) is 0 Å². The van der Waals surface area contributed by atoms with Gasteiger partial charge in [-0.2, -0.15) is 0 Å². The molecule has 1 aromatic rings. The summed E-state index contributed by atoms with van der Waals surface area (Å²) in [5, 5.41) is 13.2. The second-order valence-electron chi connectivity index (χ2n) is 4.64. The molecule has 0 bridgehead atoms. The van der Waals surface area contributed by atoms with Crippen LogP contribution < -0.4 is 11.1 Å². The van der Waals surface area contributed by atoms with E-state index in [1.54, 1.807) is 0 Å². The molecule has 0 radical (unpaired) electrons. The molecule has 96 valence electrons. The lowest BCUT2D eigenvalue weighted by Crippen LogP contribution is -2.45. The Morgan fingerprint density at radius 2 is 1.94 bits per heavy atom. The molecule has 3 heteroatoms. The molecule has 0 saturated carbocycles. The van der Waals surface area contributed by atoms with E-state index in [0.29, 0.717) is 19.0 Å². The van der Waals surface area contributed by atoms with E-state index in [0.717, 1.165) is 6.42 Å². The van der Waals surface area contributed by atoms with Crippen molar-refractivity contribution in [1.82, 2.24) is 5.32 Å². The summed E-state index contributed by atoms with van der Waals surface area (Å²) < 4.78 is 0. The molecule has 0 aliphatic heterocycles. The Kier molecular flexibility index (Phi) is 6.19. The van der Waals surface area contributed by atoms with Crippen LogP contribution >= 0.6 is 0 Å². The van der Waals surface area contributed by atoms with Gasteiger partial charge in [0.15, 0.2) is 0 Å². The Morgan fingerprint density at radius 3 is 2.53 bits per heavy atom. The number of aliphatic hydroxyl groups excluding tert-OH is 1. The molecular formula is C14H24N2O. The second-order valence-corrected chi connectivity index (χ2v) is 4.64. The maximum atomic E-state index is 9.94. The lowest BCUT2D eigenvalue weighted by Gasteiger charge is -2.21. The Labute approximate surface area is 104 Å². The Balaban J connectivity index is 2.34. The molecule has 1 rings (SSSR count). The fourth-order valence-corrected chi connectivity index (χ4v) is 1.64. The fraction of sp³-hybridized carbons (Fsp3) is 0.571. The van der Waals surface area contributed by atoms with Crippen LogP contribution in [-0.4, -0.2) is 29.8 Å². The van der Waals surface area contributed by atoms with E-state index in [1.807, 2.05) is 30.3 Å². The first-order valence-electron chi connectivity index (χ1n) is 6.34. The van der Waals surface area contributed by atoms with Crippen molar-refractivity contribution in [2.24, 2.45) is 5.73 Å². The minimum Gasteiger partial charge on any atom is -0.390 e. The van der Waals surface area contributed by atoms with Gasteiger partial charge >= 0.3 is 0 Å². The summed E-state index contributed by atoms with van der Waals surface area (Å²) in [6, 6.07) is 10.2. The standard InChI is InChI=1S/C14H24N2O/c1-3-11(2)16-10-14(17)13(15)9-12-7-5-4-6-8-12/h4-8,11,13-14,16-17H,3,9-10,15H2,1-2H3/t11-,13+,14-/m1/s1. The molecule has 1 aromatic carbocycles. The van der Waals surface area contributed by atoms with Crippen LogP contribution in [0.25, 0.3) is 0 Å². The van der Waals surface area contributed by atoms with Crippen LogP contribution in [0.4, 0.5) is 0 Å². The molecule has 0 aromatic heterocycles. The van der Waals surface area contributed by atoms with Gasteiger partial charge in [-0.25, -0.2) is 0 Å². The average Bonchev–Trinajstić information content (AvgIpc) is 2.36. The number of hydrogen-bond acceptors (Lipinski definition) is 3. The number of nitrogens with two attached hydrogens (primary N) is 1. The molecule has 4 N–H and O–H groups in total. The molecule has 0 amide bonds. The fourth-order valence-electron chi connectivity index (χ4n) is 1.64. The molecule has 0 unspecified atom stereocenters. The van der Waals surface area contributed by atoms with Crippen molar-refractivity contribution in [3.63, 3.8) is 0 Å². The van der Waals surface area contributed by atoms with Gasteiger partial charge in [0.05, 0.1) is 6.10 Å². The van der Waals surface area contributed by atoms with Gasteiger partial charge in [-0.3, -0.25) is 0 Å². The van der Waals surface area contributed by atoms with Crippen LogP contribution in [0.2, 0.25) is 0 Å². The first-order valence-corrected chi connectivity index (χ1v) is 6.34. The molecular weight excluding hydrogens is 212 g/mol. The van der Waals surface area contributed by atoms with Crippen LogP contribution in [0, 0.1) is 0 Å². The SMILES string of the molecule is CC[C@@H](C)NC[C@@H](O)[C@@H](N)Cc1ccccc1. The third kappa shape index (κ3) is 5.31. The summed E-state index contributed by atoms with van der Waals surface area (Å²) in [4.78, 5) is 0. The Bertz CT molecular complexity index is 302. The number of benzene rings is 1. The van der Waals surface area contributed by atoms with E-state index in [-0.39, 0.29) is 6.04 Å². The summed E-state index contributed by atoms with van der Waals surface area (Å²) in [6.45, 7) is 4.78. The van der Waals surface area contributed by atoms with Crippen LogP contribution in [-0.2, 0) is 6.42 Å². The number of hydrogen-bond donors (Lipinski definition) is 3. The van der Waals surface area contributed by atoms with Gasteiger partial charge in [-0.1, -0.05) is 37.3 Å². The normalized spacial score (nSPS) is 16.5. The lowest BCUT2D eigenvalue weighted by molar-refractivity contribution is 0.138. The molecule has 3 atom stereocenters. The largest absolute Gasteiger partial charge is 0.390 e. The van der Waals surface area contributed by atoms with Crippen LogP contribution in [0.15, 0.2) is 30.3 Å². The summed E-state index contributed by atoms with van der Waals surface area (Å²) in [7, 11) is 0. The van der Waals surface area contributed by atoms with Crippen molar-refractivity contribution in [2.75, 3.05) is 6.54 Å². The van der Waals surface area contributed by atoms with Crippen LogP contribution in [0.3, 0.4) is 0 Å². The van der Waals surface area contributed by atoms with Crippen LogP contribution in [0.1, 0.15) is 25.8 Å². The summed E-state index contributed by atoms with van der Waals surface area (Å²) >= 11 is 0. The molecule has 0 spiro atoms. The van der Waals surface area contributed by atoms with E-state index < -0.39 is 6.10 Å². The van der Waals surface area contributed by atoms with E-state index in [4.69, 9.17) is 5.73 Å². The minimum atomic E-state index is -0.496. The van der Waals surface area contributed by atoms with Crippen molar-refractivity contribution in [2.45, 2.75) is 44.9 Å². The quantitative estimate of drug-likeness (QED) is 0.669. The smallest absolute Gasteiger partial charge is 0.0818 e. The summed E-state index contributed by atoms with van der Waals surface area (Å²) in [5.41, 5.74) is 7.16. The topological polar surface area (TPSA) is 58.3 Å². The van der Waals surface area contributed by atoms with Gasteiger partial charge < -0.3 is 16.2 Å². The van der Waals surface area contributed by atoms with Crippen LogP contribution in [0.5, 0.6) is 0 Å².